The SMILES string of the molecule is CCOC(=O)c1cn2c(C)c(I)ccc2n1. The maximum Gasteiger partial charge on any atom is 0.358 e. The molecule has 2 heterocycles. The molecule has 4 nitrogen and oxygen atoms in total. The Kier molecular flexibility index (Phi) is 3.13. The lowest BCUT2D eigenvalue weighted by molar-refractivity contribution is 0.0520. The van der Waals surface area contributed by atoms with Crippen molar-refractivity contribution < 1.29 is 9.53 Å². The van der Waals surface area contributed by atoms with Gasteiger partial charge in [-0.1, -0.05) is 0 Å². The van der Waals surface area contributed by atoms with Crippen molar-refractivity contribution in [2.45, 2.75) is 13.8 Å². The first kappa shape index (κ1) is 11.4. The number of fused-ring (bicyclic) bond motifs is 1. The molecule has 0 amide bonds. The van der Waals surface area contributed by atoms with E-state index in [1.54, 1.807) is 13.1 Å². The van der Waals surface area contributed by atoms with Gasteiger partial charge in [-0.05, 0) is 48.6 Å². The predicted molar refractivity (Wildman–Crippen MR) is 68.6 cm³/mol. The summed E-state index contributed by atoms with van der Waals surface area (Å²) < 4.78 is 7.94. The van der Waals surface area contributed by atoms with Gasteiger partial charge in [0.1, 0.15) is 5.65 Å². The summed E-state index contributed by atoms with van der Waals surface area (Å²) in [5.41, 5.74) is 2.19. The van der Waals surface area contributed by atoms with Crippen LogP contribution in [0.5, 0.6) is 0 Å². The molecule has 0 unspecified atom stereocenters. The number of hydrogen-bond acceptors (Lipinski definition) is 3. The van der Waals surface area contributed by atoms with Gasteiger partial charge in [0, 0.05) is 15.5 Å². The van der Waals surface area contributed by atoms with Gasteiger partial charge in [-0.3, -0.25) is 0 Å². The van der Waals surface area contributed by atoms with E-state index < -0.39 is 0 Å². The Hall–Kier alpha value is -1.11. The third-order valence-corrected chi connectivity index (χ3v) is 3.44. The van der Waals surface area contributed by atoms with Crippen LogP contribution in [0.4, 0.5) is 0 Å². The van der Waals surface area contributed by atoms with Crippen molar-refractivity contribution in [2.24, 2.45) is 0 Å². The van der Waals surface area contributed by atoms with Crippen LogP contribution in [0.1, 0.15) is 23.1 Å². The largest absolute Gasteiger partial charge is 0.461 e. The van der Waals surface area contributed by atoms with E-state index in [9.17, 15) is 4.79 Å². The molecule has 0 bridgehead atoms. The summed E-state index contributed by atoms with van der Waals surface area (Å²) in [5, 5.41) is 0. The normalized spacial score (nSPS) is 10.7. The van der Waals surface area contributed by atoms with Crippen molar-refractivity contribution in [3.05, 3.63) is 33.3 Å². The number of nitrogens with zero attached hydrogens (tertiary/aromatic N) is 2. The zero-order valence-corrected chi connectivity index (χ0v) is 11.2. The summed E-state index contributed by atoms with van der Waals surface area (Å²) in [7, 11) is 0. The molecule has 16 heavy (non-hydrogen) atoms. The van der Waals surface area contributed by atoms with Crippen LogP contribution in [0.25, 0.3) is 5.65 Å². The van der Waals surface area contributed by atoms with Crippen molar-refractivity contribution in [2.75, 3.05) is 6.61 Å². The molecule has 0 atom stereocenters. The molecule has 0 aliphatic rings. The molecule has 5 heteroatoms. The van der Waals surface area contributed by atoms with Gasteiger partial charge in [0.25, 0.3) is 0 Å². The van der Waals surface area contributed by atoms with Gasteiger partial charge in [-0.25, -0.2) is 9.78 Å². The molecule has 2 aromatic rings. The highest BCUT2D eigenvalue weighted by Gasteiger charge is 2.12. The highest BCUT2D eigenvalue weighted by atomic mass is 127. The smallest absolute Gasteiger partial charge is 0.358 e. The molecule has 0 aromatic carbocycles. The number of rotatable bonds is 2. The average Bonchev–Trinajstić information content (AvgIpc) is 2.69. The molecule has 0 aliphatic carbocycles. The minimum atomic E-state index is -0.374. The van der Waals surface area contributed by atoms with Gasteiger partial charge in [0.15, 0.2) is 5.69 Å². The molecule has 0 saturated carbocycles. The summed E-state index contributed by atoms with van der Waals surface area (Å²) in [6, 6.07) is 3.87. The molecular formula is C11H11IN2O2. The quantitative estimate of drug-likeness (QED) is 0.627. The van der Waals surface area contributed by atoms with Crippen molar-refractivity contribution in [3.63, 3.8) is 0 Å². The highest BCUT2D eigenvalue weighted by molar-refractivity contribution is 14.1. The summed E-state index contributed by atoms with van der Waals surface area (Å²) in [4.78, 5) is 15.7. The zero-order valence-electron chi connectivity index (χ0n) is 9.03. The second-order valence-corrected chi connectivity index (χ2v) is 4.50. The average molecular weight is 330 g/mol. The number of aryl methyl sites for hydroxylation is 1. The standard InChI is InChI=1S/C11H11IN2O2/c1-3-16-11(15)9-6-14-7(2)8(12)4-5-10(14)13-9/h4-6H,3H2,1-2H3. The Balaban J connectivity index is 2.52. The van der Waals surface area contributed by atoms with E-state index in [4.69, 9.17) is 4.74 Å². The number of carbonyl (C=O) groups excluding carboxylic acids is 1. The molecule has 84 valence electrons. The minimum Gasteiger partial charge on any atom is -0.461 e. The second kappa shape index (κ2) is 4.40. The molecule has 0 fully saturated rings. The maximum atomic E-state index is 11.5. The fourth-order valence-corrected chi connectivity index (χ4v) is 1.91. The number of imidazole rings is 1. The number of ether oxygens (including phenoxy) is 1. The number of pyridine rings is 1. The van der Waals surface area contributed by atoms with Crippen molar-refractivity contribution in [3.8, 4) is 0 Å². The van der Waals surface area contributed by atoms with E-state index in [-0.39, 0.29) is 5.97 Å². The molecule has 0 saturated heterocycles. The predicted octanol–water partition coefficient (Wildman–Crippen LogP) is 2.42. The highest BCUT2D eigenvalue weighted by Crippen LogP contribution is 2.15. The van der Waals surface area contributed by atoms with E-state index in [1.165, 1.54) is 0 Å². The lowest BCUT2D eigenvalue weighted by Crippen LogP contribution is -2.04. The van der Waals surface area contributed by atoms with Crippen LogP contribution >= 0.6 is 22.6 Å². The molecular weight excluding hydrogens is 319 g/mol. The second-order valence-electron chi connectivity index (χ2n) is 3.34. The fraction of sp³-hybridized carbons (Fsp3) is 0.273. The van der Waals surface area contributed by atoms with Gasteiger partial charge < -0.3 is 9.14 Å². The lowest BCUT2D eigenvalue weighted by Gasteiger charge is -2.00. The Labute approximate surface area is 107 Å². The van der Waals surface area contributed by atoms with Crippen LogP contribution in [0.15, 0.2) is 18.3 Å². The maximum absolute atomic E-state index is 11.5. The Morgan fingerprint density at radius 3 is 3.00 bits per heavy atom. The molecule has 0 spiro atoms. The monoisotopic (exact) mass is 330 g/mol. The lowest BCUT2D eigenvalue weighted by atomic mass is 10.4. The number of hydrogen-bond donors (Lipinski definition) is 0. The summed E-state index contributed by atoms with van der Waals surface area (Å²) in [6.45, 7) is 4.14. The van der Waals surface area contributed by atoms with Crippen LogP contribution in [0.2, 0.25) is 0 Å². The van der Waals surface area contributed by atoms with Crippen LogP contribution < -0.4 is 0 Å². The van der Waals surface area contributed by atoms with Gasteiger partial charge in [0.05, 0.1) is 6.61 Å². The molecule has 2 rings (SSSR count). The van der Waals surface area contributed by atoms with Crippen LogP contribution in [-0.2, 0) is 4.74 Å². The minimum absolute atomic E-state index is 0.354. The van der Waals surface area contributed by atoms with Crippen LogP contribution in [0, 0.1) is 10.5 Å². The van der Waals surface area contributed by atoms with Gasteiger partial charge in [0.2, 0.25) is 0 Å². The topological polar surface area (TPSA) is 43.6 Å². The number of esters is 1. The Bertz CT molecular complexity index is 548. The Morgan fingerprint density at radius 1 is 1.56 bits per heavy atom. The van der Waals surface area contributed by atoms with Gasteiger partial charge in [-0.15, -0.1) is 0 Å². The van der Waals surface area contributed by atoms with E-state index in [2.05, 4.69) is 27.6 Å². The first-order valence-corrected chi connectivity index (χ1v) is 6.02. The molecule has 0 aliphatic heterocycles. The van der Waals surface area contributed by atoms with Crippen LogP contribution in [-0.4, -0.2) is 22.0 Å². The third kappa shape index (κ3) is 1.91. The number of aromatic nitrogens is 2. The molecule has 2 aromatic heterocycles. The summed E-state index contributed by atoms with van der Waals surface area (Å²) in [5.74, 6) is -0.374. The van der Waals surface area contributed by atoms with E-state index in [0.717, 1.165) is 14.9 Å². The first-order valence-electron chi connectivity index (χ1n) is 4.94. The summed E-state index contributed by atoms with van der Waals surface area (Å²) >= 11 is 2.25. The Morgan fingerprint density at radius 2 is 2.31 bits per heavy atom. The number of carbonyl (C=O) groups is 1. The van der Waals surface area contributed by atoms with Crippen molar-refractivity contribution >= 4 is 34.2 Å². The molecule has 0 radical (unpaired) electrons. The number of halogens is 1. The van der Waals surface area contributed by atoms with Crippen molar-refractivity contribution in [1.29, 1.82) is 0 Å². The van der Waals surface area contributed by atoms with E-state index in [0.29, 0.717) is 12.3 Å². The first-order chi connectivity index (χ1) is 7.63. The summed E-state index contributed by atoms with van der Waals surface area (Å²) in [6.07, 6.45) is 1.71. The van der Waals surface area contributed by atoms with Crippen molar-refractivity contribution in [1.82, 2.24) is 9.38 Å². The van der Waals surface area contributed by atoms with Gasteiger partial charge >= 0.3 is 5.97 Å². The third-order valence-electron chi connectivity index (χ3n) is 2.30. The van der Waals surface area contributed by atoms with Crippen LogP contribution in [0.3, 0.4) is 0 Å². The van der Waals surface area contributed by atoms with E-state index in [1.807, 2.05) is 23.5 Å². The van der Waals surface area contributed by atoms with E-state index >= 15 is 0 Å². The fourth-order valence-electron chi connectivity index (χ4n) is 1.47. The van der Waals surface area contributed by atoms with Gasteiger partial charge in [-0.2, -0.15) is 0 Å². The zero-order chi connectivity index (χ0) is 11.7. The molecule has 0 N–H and O–H groups in total.